The molecule has 4 rings (SSSR count). The van der Waals surface area contributed by atoms with E-state index in [0.717, 1.165) is 12.5 Å². The molecule has 170 valence electrons. The lowest BCUT2D eigenvalue weighted by molar-refractivity contribution is -0.159. The molecule has 0 aliphatic rings. The zero-order valence-corrected chi connectivity index (χ0v) is 18.5. The van der Waals surface area contributed by atoms with Crippen LogP contribution in [0.5, 0.6) is 11.5 Å². The molecule has 0 radical (unpaired) electrons. The van der Waals surface area contributed by atoms with Gasteiger partial charge in [0, 0.05) is 11.1 Å². The second kappa shape index (κ2) is 8.61. The number of hydrogen-bond donors (Lipinski definition) is 2. The fourth-order valence-electron chi connectivity index (χ4n) is 3.23. The predicted molar refractivity (Wildman–Crippen MR) is 122 cm³/mol. The van der Waals surface area contributed by atoms with E-state index in [4.69, 9.17) is 26.2 Å². The standard InChI is InChI=1S/C23H20ClN3O6/c1-23(31,21(28)29)12-33-18-9-7-16(11-19(18)32-2)26-13-25-20-10-8-17(27(20)22(26)30)14-3-5-15(24)6-4-14/h3-11,13,31H,12H2,1-2H3,(H,28,29). The van der Waals surface area contributed by atoms with Crippen LogP contribution in [0.15, 0.2) is 65.7 Å². The number of benzene rings is 2. The average molecular weight is 470 g/mol. The van der Waals surface area contributed by atoms with Gasteiger partial charge >= 0.3 is 11.7 Å². The molecule has 2 N–H and O–H groups in total. The van der Waals surface area contributed by atoms with Crippen LogP contribution in [-0.4, -0.2) is 49.5 Å². The number of fused-ring (bicyclic) bond motifs is 1. The largest absolute Gasteiger partial charge is 0.493 e. The fourth-order valence-corrected chi connectivity index (χ4v) is 3.36. The van der Waals surface area contributed by atoms with Gasteiger partial charge in [-0.1, -0.05) is 23.7 Å². The molecule has 2 aromatic carbocycles. The van der Waals surface area contributed by atoms with E-state index in [1.54, 1.807) is 30.3 Å². The van der Waals surface area contributed by atoms with Crippen LogP contribution < -0.4 is 15.2 Å². The Balaban J connectivity index is 1.74. The summed E-state index contributed by atoms with van der Waals surface area (Å²) in [6.07, 6.45) is 1.41. The molecule has 0 aliphatic heterocycles. The molecule has 0 fully saturated rings. The Kier molecular flexibility index (Phi) is 5.84. The molecule has 0 amide bonds. The number of nitrogens with zero attached hydrogens (tertiary/aromatic N) is 3. The van der Waals surface area contributed by atoms with Crippen LogP contribution >= 0.6 is 11.6 Å². The van der Waals surface area contributed by atoms with E-state index in [0.29, 0.717) is 22.1 Å². The van der Waals surface area contributed by atoms with Gasteiger partial charge in [-0.3, -0.25) is 4.57 Å². The van der Waals surface area contributed by atoms with Crippen LogP contribution in [-0.2, 0) is 4.79 Å². The molecule has 0 saturated heterocycles. The van der Waals surface area contributed by atoms with Crippen molar-refractivity contribution in [1.29, 1.82) is 0 Å². The van der Waals surface area contributed by atoms with E-state index in [9.17, 15) is 14.7 Å². The van der Waals surface area contributed by atoms with Crippen molar-refractivity contribution < 1.29 is 24.5 Å². The molecule has 10 heteroatoms. The number of carbonyl (C=O) groups is 1. The first-order chi connectivity index (χ1) is 15.7. The molecule has 0 aliphatic carbocycles. The van der Waals surface area contributed by atoms with Crippen molar-refractivity contribution >= 4 is 23.2 Å². The molecule has 1 unspecified atom stereocenters. The molecule has 1 atom stereocenters. The summed E-state index contributed by atoms with van der Waals surface area (Å²) in [6.45, 7) is 0.644. The van der Waals surface area contributed by atoms with Gasteiger partial charge in [0.2, 0.25) is 0 Å². The van der Waals surface area contributed by atoms with Gasteiger partial charge in [0.1, 0.15) is 18.6 Å². The molecule has 33 heavy (non-hydrogen) atoms. The Bertz CT molecular complexity index is 1390. The lowest BCUT2D eigenvalue weighted by atomic mass is 10.1. The molecular formula is C23H20ClN3O6. The highest BCUT2D eigenvalue weighted by Crippen LogP contribution is 2.30. The van der Waals surface area contributed by atoms with Crippen molar-refractivity contribution in [3.05, 3.63) is 76.4 Å². The zero-order valence-electron chi connectivity index (χ0n) is 17.7. The van der Waals surface area contributed by atoms with Gasteiger partial charge < -0.3 is 19.7 Å². The van der Waals surface area contributed by atoms with Gasteiger partial charge in [0.05, 0.1) is 18.5 Å². The van der Waals surface area contributed by atoms with Gasteiger partial charge in [-0.2, -0.15) is 0 Å². The number of halogens is 1. The van der Waals surface area contributed by atoms with Crippen LogP contribution in [0, 0.1) is 0 Å². The van der Waals surface area contributed by atoms with Gasteiger partial charge in [-0.25, -0.2) is 19.0 Å². The van der Waals surface area contributed by atoms with Crippen LogP contribution in [0.3, 0.4) is 0 Å². The van der Waals surface area contributed by atoms with Gasteiger partial charge in [-0.05, 0) is 48.9 Å². The molecule has 2 heterocycles. The molecule has 0 saturated carbocycles. The van der Waals surface area contributed by atoms with Crippen molar-refractivity contribution in [2.75, 3.05) is 13.7 Å². The number of carboxylic acid groups (broad SMARTS) is 1. The summed E-state index contributed by atoms with van der Waals surface area (Å²) in [5, 5.41) is 19.5. The monoisotopic (exact) mass is 469 g/mol. The van der Waals surface area contributed by atoms with E-state index in [2.05, 4.69) is 4.98 Å². The highest BCUT2D eigenvalue weighted by molar-refractivity contribution is 6.30. The minimum absolute atomic E-state index is 0.215. The number of methoxy groups -OCH3 is 1. The summed E-state index contributed by atoms with van der Waals surface area (Å²) in [6, 6.07) is 15.4. The number of aromatic nitrogens is 3. The van der Waals surface area contributed by atoms with E-state index in [1.807, 2.05) is 18.2 Å². The summed E-state index contributed by atoms with van der Waals surface area (Å²) < 4.78 is 13.6. The highest BCUT2D eigenvalue weighted by Gasteiger charge is 2.31. The van der Waals surface area contributed by atoms with E-state index >= 15 is 0 Å². The number of aliphatic carboxylic acids is 1. The maximum absolute atomic E-state index is 13.4. The third kappa shape index (κ3) is 4.28. The first-order valence-electron chi connectivity index (χ1n) is 9.83. The third-order valence-electron chi connectivity index (χ3n) is 5.10. The first-order valence-corrected chi connectivity index (χ1v) is 10.2. The Hall–Kier alpha value is -3.82. The summed E-state index contributed by atoms with van der Waals surface area (Å²) in [4.78, 5) is 28.8. The zero-order chi connectivity index (χ0) is 23.8. The fraction of sp³-hybridized carbons (Fsp3) is 0.174. The second-order valence-corrected chi connectivity index (χ2v) is 7.96. The highest BCUT2D eigenvalue weighted by atomic mass is 35.5. The third-order valence-corrected chi connectivity index (χ3v) is 5.35. The predicted octanol–water partition coefficient (Wildman–Crippen LogP) is 3.03. The molecular weight excluding hydrogens is 450 g/mol. The molecule has 0 bridgehead atoms. The van der Waals surface area contributed by atoms with Crippen LogP contribution in [0.1, 0.15) is 6.92 Å². The lowest BCUT2D eigenvalue weighted by Crippen LogP contribution is -2.41. The number of carboxylic acids is 1. The summed E-state index contributed by atoms with van der Waals surface area (Å²) in [7, 11) is 1.41. The van der Waals surface area contributed by atoms with Crippen molar-refractivity contribution in [2.45, 2.75) is 12.5 Å². The molecule has 2 aromatic heterocycles. The summed E-state index contributed by atoms with van der Waals surface area (Å²) in [5.41, 5.74) is 0.00395. The maximum Gasteiger partial charge on any atom is 0.340 e. The smallest absolute Gasteiger partial charge is 0.340 e. The topological polar surface area (TPSA) is 115 Å². The van der Waals surface area contributed by atoms with Gasteiger partial charge in [0.15, 0.2) is 17.1 Å². The van der Waals surface area contributed by atoms with Crippen LogP contribution in [0.25, 0.3) is 22.6 Å². The van der Waals surface area contributed by atoms with Gasteiger partial charge in [0.25, 0.3) is 0 Å². The van der Waals surface area contributed by atoms with Gasteiger partial charge in [-0.15, -0.1) is 0 Å². The van der Waals surface area contributed by atoms with Crippen LogP contribution in [0.2, 0.25) is 5.02 Å². The Morgan fingerprint density at radius 2 is 1.85 bits per heavy atom. The van der Waals surface area contributed by atoms with E-state index < -0.39 is 18.2 Å². The minimum Gasteiger partial charge on any atom is -0.493 e. The van der Waals surface area contributed by atoms with E-state index in [-0.39, 0.29) is 17.2 Å². The van der Waals surface area contributed by atoms with Crippen molar-refractivity contribution in [3.8, 4) is 28.4 Å². The quantitative estimate of drug-likeness (QED) is 0.427. The number of aliphatic hydroxyl groups is 1. The summed E-state index contributed by atoms with van der Waals surface area (Å²) in [5.74, 6) is -0.939. The van der Waals surface area contributed by atoms with E-state index in [1.165, 1.54) is 28.5 Å². The number of ether oxygens (including phenoxy) is 2. The Morgan fingerprint density at radius 3 is 2.52 bits per heavy atom. The average Bonchev–Trinajstić information content (AvgIpc) is 3.23. The SMILES string of the molecule is COc1cc(-n2cnc3ccc(-c4ccc(Cl)cc4)n3c2=O)ccc1OCC(C)(O)C(=O)O. The number of hydrogen-bond acceptors (Lipinski definition) is 6. The van der Waals surface area contributed by atoms with Crippen molar-refractivity contribution in [1.82, 2.24) is 14.0 Å². The molecule has 4 aromatic rings. The maximum atomic E-state index is 13.4. The summed E-state index contributed by atoms with van der Waals surface area (Å²) >= 11 is 5.98. The normalized spacial score (nSPS) is 13.0. The molecule has 0 spiro atoms. The lowest BCUT2D eigenvalue weighted by Gasteiger charge is -2.20. The van der Waals surface area contributed by atoms with Crippen molar-refractivity contribution in [2.24, 2.45) is 0 Å². The Labute approximate surface area is 193 Å². The number of rotatable bonds is 7. The second-order valence-electron chi connectivity index (χ2n) is 7.52. The molecule has 9 nitrogen and oxygen atoms in total. The minimum atomic E-state index is -2.07. The Morgan fingerprint density at radius 1 is 1.12 bits per heavy atom. The van der Waals surface area contributed by atoms with Crippen molar-refractivity contribution in [3.63, 3.8) is 0 Å². The first kappa shape index (κ1) is 22.4. The van der Waals surface area contributed by atoms with Crippen LogP contribution in [0.4, 0.5) is 0 Å².